The summed E-state index contributed by atoms with van der Waals surface area (Å²) in [6.45, 7) is 1.87. The number of piperidine rings is 1. The number of rotatable bonds is 3. The summed E-state index contributed by atoms with van der Waals surface area (Å²) in [5.41, 5.74) is 2.13. The molecule has 1 aliphatic heterocycles. The summed E-state index contributed by atoms with van der Waals surface area (Å²) in [7, 11) is 0. The molecule has 7 nitrogen and oxygen atoms in total. The lowest BCUT2D eigenvalue weighted by atomic mass is 9.97. The van der Waals surface area contributed by atoms with Crippen molar-refractivity contribution in [3.8, 4) is 5.82 Å². The van der Waals surface area contributed by atoms with E-state index < -0.39 is 0 Å². The number of aromatic amines is 1. The lowest BCUT2D eigenvalue weighted by Crippen LogP contribution is -2.35. The van der Waals surface area contributed by atoms with E-state index in [1.54, 1.807) is 17.1 Å². The Morgan fingerprint density at radius 2 is 1.96 bits per heavy atom. The van der Waals surface area contributed by atoms with E-state index in [1.165, 1.54) is 0 Å². The Hall–Kier alpha value is -3.22. The van der Waals surface area contributed by atoms with Crippen molar-refractivity contribution in [1.82, 2.24) is 29.7 Å². The van der Waals surface area contributed by atoms with Crippen LogP contribution in [0.3, 0.4) is 0 Å². The molecular weight excluding hydrogens is 326 g/mol. The number of nitrogens with one attached hydrogen (secondary N) is 1. The number of H-pyrrole nitrogens is 1. The Morgan fingerprint density at radius 1 is 1.04 bits per heavy atom. The summed E-state index contributed by atoms with van der Waals surface area (Å²) in [4.78, 5) is 19.7. The van der Waals surface area contributed by atoms with Gasteiger partial charge < -0.3 is 9.88 Å². The zero-order chi connectivity index (χ0) is 17.3. The van der Waals surface area contributed by atoms with Gasteiger partial charge in [-0.25, -0.2) is 14.6 Å². The van der Waals surface area contributed by atoms with Crippen LogP contribution < -0.4 is 4.90 Å². The molecule has 1 fully saturated rings. The normalized spacial score (nSPS) is 17.7. The molecule has 4 aromatic rings. The third-order valence-electron chi connectivity index (χ3n) is 4.89. The Labute approximate surface area is 150 Å². The van der Waals surface area contributed by atoms with Crippen molar-refractivity contribution in [2.24, 2.45) is 0 Å². The van der Waals surface area contributed by atoms with Crippen LogP contribution in [-0.2, 0) is 0 Å². The lowest BCUT2D eigenvalue weighted by molar-refractivity contribution is 0.492. The molecule has 0 unspecified atom stereocenters. The molecule has 0 radical (unpaired) electrons. The molecule has 1 N–H and O–H groups in total. The van der Waals surface area contributed by atoms with Gasteiger partial charge in [0.1, 0.15) is 11.6 Å². The molecule has 4 heterocycles. The molecule has 0 amide bonds. The Kier molecular flexibility index (Phi) is 3.62. The Morgan fingerprint density at radius 3 is 2.85 bits per heavy atom. The van der Waals surface area contributed by atoms with Gasteiger partial charge in [-0.05, 0) is 31.0 Å². The second-order valence-electron chi connectivity index (χ2n) is 6.61. The number of hydrogen-bond donors (Lipinski definition) is 1. The number of para-hydroxylation sites is 2. The van der Waals surface area contributed by atoms with Gasteiger partial charge in [0.15, 0.2) is 5.82 Å². The third kappa shape index (κ3) is 2.71. The lowest BCUT2D eigenvalue weighted by Gasteiger charge is -2.32. The average molecular weight is 345 g/mol. The van der Waals surface area contributed by atoms with E-state index in [9.17, 15) is 0 Å². The van der Waals surface area contributed by atoms with Crippen LogP contribution in [0.4, 0.5) is 5.82 Å². The molecule has 1 atom stereocenters. The molecule has 3 aromatic heterocycles. The van der Waals surface area contributed by atoms with Gasteiger partial charge in [0.2, 0.25) is 0 Å². The van der Waals surface area contributed by atoms with Gasteiger partial charge in [-0.2, -0.15) is 5.10 Å². The van der Waals surface area contributed by atoms with Crippen molar-refractivity contribution in [2.75, 3.05) is 18.0 Å². The highest BCUT2D eigenvalue weighted by atomic mass is 15.3. The van der Waals surface area contributed by atoms with Gasteiger partial charge in [0, 0.05) is 31.4 Å². The second kappa shape index (κ2) is 6.25. The molecule has 130 valence electrons. The van der Waals surface area contributed by atoms with Crippen LogP contribution >= 0.6 is 0 Å². The predicted molar refractivity (Wildman–Crippen MR) is 99.4 cm³/mol. The molecule has 26 heavy (non-hydrogen) atoms. The molecule has 1 aliphatic rings. The van der Waals surface area contributed by atoms with Crippen LogP contribution in [0.2, 0.25) is 0 Å². The van der Waals surface area contributed by atoms with Crippen molar-refractivity contribution in [2.45, 2.75) is 18.8 Å². The van der Waals surface area contributed by atoms with Crippen LogP contribution in [0, 0.1) is 0 Å². The van der Waals surface area contributed by atoms with Gasteiger partial charge in [0.05, 0.1) is 23.4 Å². The molecule has 0 bridgehead atoms. The summed E-state index contributed by atoms with van der Waals surface area (Å²) in [5, 5.41) is 4.24. The van der Waals surface area contributed by atoms with Crippen LogP contribution in [-0.4, -0.2) is 42.8 Å². The van der Waals surface area contributed by atoms with E-state index in [1.807, 2.05) is 30.6 Å². The van der Waals surface area contributed by atoms with Crippen molar-refractivity contribution in [3.05, 3.63) is 60.9 Å². The Bertz CT molecular complexity index is 988. The van der Waals surface area contributed by atoms with Crippen LogP contribution in [0.5, 0.6) is 0 Å². The minimum Gasteiger partial charge on any atom is -0.355 e. The summed E-state index contributed by atoms with van der Waals surface area (Å²) < 4.78 is 1.73. The highest BCUT2D eigenvalue weighted by Crippen LogP contribution is 2.29. The number of nitrogens with zero attached hydrogens (tertiary/aromatic N) is 6. The molecule has 0 saturated carbocycles. The van der Waals surface area contributed by atoms with Gasteiger partial charge in [-0.3, -0.25) is 4.98 Å². The first-order valence-electron chi connectivity index (χ1n) is 8.88. The summed E-state index contributed by atoms with van der Waals surface area (Å²) in [5.74, 6) is 3.05. The number of anilines is 1. The first-order chi connectivity index (χ1) is 12.9. The van der Waals surface area contributed by atoms with Gasteiger partial charge >= 0.3 is 0 Å². The largest absolute Gasteiger partial charge is 0.355 e. The number of benzene rings is 1. The van der Waals surface area contributed by atoms with E-state index in [-0.39, 0.29) is 0 Å². The number of fused-ring (bicyclic) bond motifs is 1. The number of hydrogen-bond acceptors (Lipinski definition) is 5. The van der Waals surface area contributed by atoms with E-state index in [4.69, 9.17) is 9.97 Å². The summed E-state index contributed by atoms with van der Waals surface area (Å²) in [6.07, 6.45) is 9.41. The van der Waals surface area contributed by atoms with Gasteiger partial charge in [0.25, 0.3) is 0 Å². The van der Waals surface area contributed by atoms with Crippen molar-refractivity contribution in [3.63, 3.8) is 0 Å². The quantitative estimate of drug-likeness (QED) is 0.618. The maximum Gasteiger partial charge on any atom is 0.173 e. The van der Waals surface area contributed by atoms with Crippen molar-refractivity contribution < 1.29 is 0 Å². The SMILES string of the molecule is c1ccc2[nH]c([C@H]3CCCN(c4cncc(-n5cccn5)n4)C3)nc2c1. The fourth-order valence-electron chi connectivity index (χ4n) is 3.59. The Balaban J connectivity index is 1.41. The van der Waals surface area contributed by atoms with Crippen molar-refractivity contribution >= 4 is 16.9 Å². The zero-order valence-electron chi connectivity index (χ0n) is 14.3. The molecule has 1 aromatic carbocycles. The summed E-state index contributed by atoms with van der Waals surface area (Å²) >= 11 is 0. The minimum atomic E-state index is 0.367. The fourth-order valence-corrected chi connectivity index (χ4v) is 3.59. The second-order valence-corrected chi connectivity index (χ2v) is 6.61. The highest BCUT2D eigenvalue weighted by molar-refractivity contribution is 5.74. The fraction of sp³-hybridized carbons (Fsp3) is 0.263. The first kappa shape index (κ1) is 15.1. The van der Waals surface area contributed by atoms with Crippen LogP contribution in [0.25, 0.3) is 16.9 Å². The van der Waals surface area contributed by atoms with Crippen LogP contribution in [0.15, 0.2) is 55.1 Å². The first-order valence-corrected chi connectivity index (χ1v) is 8.88. The maximum absolute atomic E-state index is 4.79. The summed E-state index contributed by atoms with van der Waals surface area (Å²) in [6, 6.07) is 10.1. The maximum atomic E-state index is 4.79. The van der Waals surface area contributed by atoms with Crippen molar-refractivity contribution in [1.29, 1.82) is 0 Å². The molecule has 1 saturated heterocycles. The standard InChI is InChI=1S/C19H19N7/c1-2-7-16-15(6-1)22-19(23-16)14-5-3-9-25(13-14)17-11-20-12-18(24-17)26-10-4-8-21-26/h1-2,4,6-8,10-12,14H,3,5,9,13H2,(H,22,23)/t14-/m0/s1. The number of imidazole rings is 1. The van der Waals surface area contributed by atoms with Gasteiger partial charge in [-0.15, -0.1) is 0 Å². The number of aromatic nitrogens is 6. The molecule has 7 heteroatoms. The average Bonchev–Trinajstić information content (AvgIpc) is 3.38. The van der Waals surface area contributed by atoms with E-state index in [2.05, 4.69) is 32.1 Å². The topological polar surface area (TPSA) is 75.5 Å². The third-order valence-corrected chi connectivity index (χ3v) is 4.89. The monoisotopic (exact) mass is 345 g/mol. The van der Waals surface area contributed by atoms with E-state index in [0.717, 1.165) is 54.4 Å². The van der Waals surface area contributed by atoms with Gasteiger partial charge in [-0.1, -0.05) is 12.1 Å². The van der Waals surface area contributed by atoms with E-state index >= 15 is 0 Å². The smallest absolute Gasteiger partial charge is 0.173 e. The molecule has 5 rings (SSSR count). The molecule has 0 spiro atoms. The molecular formula is C19H19N7. The zero-order valence-corrected chi connectivity index (χ0v) is 14.3. The molecule has 0 aliphatic carbocycles. The minimum absolute atomic E-state index is 0.367. The highest BCUT2D eigenvalue weighted by Gasteiger charge is 2.25. The van der Waals surface area contributed by atoms with Crippen LogP contribution in [0.1, 0.15) is 24.6 Å². The predicted octanol–water partition coefficient (Wildman–Crippen LogP) is 2.92. The van der Waals surface area contributed by atoms with E-state index in [0.29, 0.717) is 5.92 Å².